The van der Waals surface area contributed by atoms with Crippen molar-refractivity contribution >= 4 is 28.8 Å². The van der Waals surface area contributed by atoms with E-state index in [-0.39, 0.29) is 17.1 Å². The van der Waals surface area contributed by atoms with Gasteiger partial charge in [0.05, 0.1) is 18.2 Å². The van der Waals surface area contributed by atoms with Crippen LogP contribution >= 0.6 is 0 Å². The number of benzene rings is 3. The molecule has 2 saturated heterocycles. The molecule has 182 valence electrons. The molecule has 2 N–H and O–H groups in total. The van der Waals surface area contributed by atoms with E-state index in [0.29, 0.717) is 23.4 Å². The Labute approximate surface area is 208 Å². The summed E-state index contributed by atoms with van der Waals surface area (Å²) in [7, 11) is 0. The summed E-state index contributed by atoms with van der Waals surface area (Å²) in [6, 6.07) is 18.4. The van der Waals surface area contributed by atoms with E-state index < -0.39 is 17.7 Å². The molecule has 0 radical (unpaired) electrons. The monoisotopic (exact) mass is 482 g/mol. The summed E-state index contributed by atoms with van der Waals surface area (Å²) in [4.78, 5) is 30.5. The van der Waals surface area contributed by atoms with Crippen molar-refractivity contribution in [1.82, 2.24) is 0 Å². The molecule has 2 fully saturated rings. The first-order valence-corrected chi connectivity index (χ1v) is 12.2. The average Bonchev–Trinajstić information content (AvgIpc) is 3.65. The van der Waals surface area contributed by atoms with Gasteiger partial charge in [-0.3, -0.25) is 14.5 Å². The topological polar surface area (TPSA) is 90.3 Å². The van der Waals surface area contributed by atoms with Gasteiger partial charge in [-0.2, -0.15) is 0 Å². The number of ether oxygens (including phenoxy) is 1. The number of Topliss-reactive ketones (excluding diaryl/α,β-unsaturated/α-hetero) is 1. The number of aromatic hydroxyl groups is 1. The molecule has 7 nitrogen and oxygen atoms in total. The number of ketones is 1. The smallest absolute Gasteiger partial charge is 0.300 e. The molecule has 1 atom stereocenters. The molecule has 0 aromatic heterocycles. The molecular formula is C29H26N2O5. The highest BCUT2D eigenvalue weighted by Gasteiger charge is 2.47. The lowest BCUT2D eigenvalue weighted by molar-refractivity contribution is -0.132. The molecule has 3 aromatic carbocycles. The highest BCUT2D eigenvalue weighted by Crippen LogP contribution is 2.43. The first kappa shape index (κ1) is 22.2. The SMILES string of the molecule is O=C1C(=O)N(c2ccc(N3CCCC3)cc2)C(c2ccc(O)cc2)/C1=C(/O)c1ccc2c(c1)CCO2. The van der Waals surface area contributed by atoms with E-state index >= 15 is 0 Å². The van der Waals surface area contributed by atoms with Crippen molar-refractivity contribution in [2.75, 3.05) is 29.5 Å². The molecule has 3 aliphatic rings. The predicted octanol–water partition coefficient (Wildman–Crippen LogP) is 4.55. The average molecular weight is 483 g/mol. The minimum Gasteiger partial charge on any atom is -0.508 e. The summed E-state index contributed by atoms with van der Waals surface area (Å²) in [5, 5.41) is 21.2. The van der Waals surface area contributed by atoms with Crippen LogP contribution in [0, 0.1) is 0 Å². The fourth-order valence-electron chi connectivity index (χ4n) is 5.36. The number of hydrogen-bond acceptors (Lipinski definition) is 6. The summed E-state index contributed by atoms with van der Waals surface area (Å²) < 4.78 is 5.57. The van der Waals surface area contributed by atoms with Crippen LogP contribution in [0.25, 0.3) is 5.76 Å². The number of anilines is 2. The van der Waals surface area contributed by atoms with Gasteiger partial charge in [0.25, 0.3) is 11.7 Å². The maximum Gasteiger partial charge on any atom is 0.300 e. The summed E-state index contributed by atoms with van der Waals surface area (Å²) in [6.45, 7) is 2.58. The number of phenols is 1. The van der Waals surface area contributed by atoms with Crippen LogP contribution in [0.3, 0.4) is 0 Å². The van der Waals surface area contributed by atoms with Crippen LogP contribution in [0.5, 0.6) is 11.5 Å². The number of carbonyl (C=O) groups is 2. The van der Waals surface area contributed by atoms with Gasteiger partial charge in [-0.25, -0.2) is 0 Å². The summed E-state index contributed by atoms with van der Waals surface area (Å²) in [5.74, 6) is -0.833. The maximum atomic E-state index is 13.4. The Morgan fingerprint density at radius 2 is 1.58 bits per heavy atom. The van der Waals surface area contributed by atoms with Crippen molar-refractivity contribution < 1.29 is 24.5 Å². The maximum absolute atomic E-state index is 13.4. The van der Waals surface area contributed by atoms with Crippen molar-refractivity contribution in [3.05, 3.63) is 89.0 Å². The highest BCUT2D eigenvalue weighted by atomic mass is 16.5. The van der Waals surface area contributed by atoms with Gasteiger partial charge in [0, 0.05) is 36.4 Å². The van der Waals surface area contributed by atoms with E-state index in [1.165, 1.54) is 17.0 Å². The first-order chi connectivity index (χ1) is 17.5. The quantitative estimate of drug-likeness (QED) is 0.322. The van der Waals surface area contributed by atoms with E-state index in [9.17, 15) is 19.8 Å². The molecule has 0 spiro atoms. The van der Waals surface area contributed by atoms with Crippen molar-refractivity contribution in [2.45, 2.75) is 25.3 Å². The second-order valence-corrected chi connectivity index (χ2v) is 9.39. The van der Waals surface area contributed by atoms with Gasteiger partial charge in [0.15, 0.2) is 0 Å². The van der Waals surface area contributed by atoms with Crippen LogP contribution in [0.15, 0.2) is 72.3 Å². The molecule has 3 aromatic rings. The van der Waals surface area contributed by atoms with Gasteiger partial charge >= 0.3 is 0 Å². The third-order valence-electron chi connectivity index (χ3n) is 7.22. The standard InChI is InChI=1S/C29H26N2O5/c32-23-10-3-18(4-11-23)26-25(27(33)20-5-12-24-19(17-20)13-16-36-24)28(34)29(35)31(26)22-8-6-21(7-9-22)30-14-1-2-15-30/h3-12,17,26,32-33H,1-2,13-16H2/b27-25-. The highest BCUT2D eigenvalue weighted by molar-refractivity contribution is 6.51. The Bertz CT molecular complexity index is 1370. The normalized spacial score (nSPS) is 20.6. The second-order valence-electron chi connectivity index (χ2n) is 9.39. The zero-order valence-electron chi connectivity index (χ0n) is 19.7. The van der Waals surface area contributed by atoms with Crippen LogP contribution in [0.2, 0.25) is 0 Å². The lowest BCUT2D eigenvalue weighted by Crippen LogP contribution is -2.29. The summed E-state index contributed by atoms with van der Waals surface area (Å²) in [5.41, 5.74) is 3.70. The van der Waals surface area contributed by atoms with E-state index in [0.717, 1.165) is 49.4 Å². The van der Waals surface area contributed by atoms with Crippen molar-refractivity contribution in [3.8, 4) is 11.5 Å². The Morgan fingerprint density at radius 1 is 0.889 bits per heavy atom. The van der Waals surface area contributed by atoms with Crippen LogP contribution in [-0.4, -0.2) is 41.6 Å². The Kier molecular flexibility index (Phi) is 5.40. The summed E-state index contributed by atoms with van der Waals surface area (Å²) in [6.07, 6.45) is 3.04. The third kappa shape index (κ3) is 3.68. The van der Waals surface area contributed by atoms with Gasteiger partial charge in [-0.05, 0) is 78.6 Å². The molecule has 0 saturated carbocycles. The number of phenolic OH excluding ortho intramolecular Hbond substituents is 1. The molecule has 3 aliphatic heterocycles. The molecule has 6 rings (SSSR count). The Balaban J connectivity index is 1.46. The molecule has 3 heterocycles. The molecular weight excluding hydrogens is 456 g/mol. The lowest BCUT2D eigenvalue weighted by atomic mass is 9.94. The fraction of sp³-hybridized carbons (Fsp3) is 0.241. The van der Waals surface area contributed by atoms with Gasteiger partial charge in [0.2, 0.25) is 0 Å². The molecule has 7 heteroatoms. The van der Waals surface area contributed by atoms with Crippen molar-refractivity contribution in [3.63, 3.8) is 0 Å². The van der Waals surface area contributed by atoms with Gasteiger partial charge in [0.1, 0.15) is 17.3 Å². The number of aliphatic hydroxyl groups is 1. The van der Waals surface area contributed by atoms with Crippen LogP contribution in [0.4, 0.5) is 11.4 Å². The number of hydrogen-bond donors (Lipinski definition) is 2. The number of rotatable bonds is 4. The molecule has 0 bridgehead atoms. The van der Waals surface area contributed by atoms with Gasteiger partial charge in [-0.15, -0.1) is 0 Å². The minimum atomic E-state index is -0.840. The zero-order chi connectivity index (χ0) is 24.8. The van der Waals surface area contributed by atoms with E-state index in [4.69, 9.17) is 4.74 Å². The Morgan fingerprint density at radius 3 is 2.31 bits per heavy atom. The van der Waals surface area contributed by atoms with Gasteiger partial charge in [-0.1, -0.05) is 12.1 Å². The van der Waals surface area contributed by atoms with Crippen LogP contribution < -0.4 is 14.5 Å². The largest absolute Gasteiger partial charge is 0.508 e. The number of aliphatic hydroxyl groups excluding tert-OH is 1. The number of carbonyl (C=O) groups excluding carboxylic acids is 2. The molecule has 1 unspecified atom stereocenters. The predicted molar refractivity (Wildman–Crippen MR) is 136 cm³/mol. The number of amides is 1. The van der Waals surface area contributed by atoms with Crippen LogP contribution in [-0.2, 0) is 16.0 Å². The first-order valence-electron chi connectivity index (χ1n) is 12.2. The van der Waals surface area contributed by atoms with E-state index in [1.54, 1.807) is 24.3 Å². The second kappa shape index (κ2) is 8.75. The van der Waals surface area contributed by atoms with E-state index in [1.807, 2.05) is 30.3 Å². The third-order valence-corrected chi connectivity index (χ3v) is 7.22. The fourth-order valence-corrected chi connectivity index (χ4v) is 5.36. The molecule has 1 amide bonds. The Hall–Kier alpha value is -4.26. The number of nitrogens with zero attached hydrogens (tertiary/aromatic N) is 2. The molecule has 36 heavy (non-hydrogen) atoms. The van der Waals surface area contributed by atoms with Gasteiger partial charge < -0.3 is 19.8 Å². The lowest BCUT2D eigenvalue weighted by Gasteiger charge is -2.26. The molecule has 0 aliphatic carbocycles. The zero-order valence-corrected chi connectivity index (χ0v) is 19.7. The minimum absolute atomic E-state index is 0.0215. The van der Waals surface area contributed by atoms with Crippen LogP contribution in [0.1, 0.15) is 35.6 Å². The van der Waals surface area contributed by atoms with Crippen molar-refractivity contribution in [1.29, 1.82) is 0 Å². The number of fused-ring (bicyclic) bond motifs is 1. The summed E-state index contributed by atoms with van der Waals surface area (Å²) >= 11 is 0. The van der Waals surface area contributed by atoms with Crippen molar-refractivity contribution in [2.24, 2.45) is 0 Å². The van der Waals surface area contributed by atoms with E-state index in [2.05, 4.69) is 4.90 Å².